The summed E-state index contributed by atoms with van der Waals surface area (Å²) in [6, 6.07) is 1.62. The van der Waals surface area contributed by atoms with Crippen molar-refractivity contribution in [1.29, 1.82) is 0 Å². The minimum absolute atomic E-state index is 0.490. The molecule has 18 heavy (non-hydrogen) atoms. The molecule has 0 bridgehead atoms. The predicted molar refractivity (Wildman–Crippen MR) is 81.0 cm³/mol. The molecule has 0 saturated heterocycles. The van der Waals surface area contributed by atoms with Gasteiger partial charge in [0.2, 0.25) is 0 Å². The van der Waals surface area contributed by atoms with Gasteiger partial charge in [-0.3, -0.25) is 0 Å². The second-order valence-corrected chi connectivity index (χ2v) is 7.21. The molecule has 0 unspecified atom stereocenters. The zero-order valence-corrected chi connectivity index (χ0v) is 13.3. The maximum atomic E-state index is 3.59. The van der Waals surface area contributed by atoms with Crippen molar-refractivity contribution in [3.63, 3.8) is 0 Å². The van der Waals surface area contributed by atoms with Crippen molar-refractivity contribution in [2.24, 2.45) is 5.41 Å². The van der Waals surface area contributed by atoms with E-state index in [0.717, 1.165) is 18.6 Å². The van der Waals surface area contributed by atoms with Crippen LogP contribution in [0.5, 0.6) is 0 Å². The summed E-state index contributed by atoms with van der Waals surface area (Å²) in [5.41, 5.74) is 0.490. The molecule has 0 aliphatic heterocycles. The zero-order valence-electron chi connectivity index (χ0n) is 13.3. The normalized spacial score (nSPS) is 25.7. The maximum absolute atomic E-state index is 3.59. The molecule has 0 radical (unpaired) electrons. The first kappa shape index (κ1) is 16.0. The molecule has 1 N–H and O–H groups in total. The van der Waals surface area contributed by atoms with Gasteiger partial charge < -0.3 is 10.2 Å². The Morgan fingerprint density at radius 3 is 2.22 bits per heavy atom. The highest BCUT2D eigenvalue weighted by Crippen LogP contribution is 2.24. The molecule has 1 saturated carbocycles. The van der Waals surface area contributed by atoms with Crippen LogP contribution in [0.3, 0.4) is 0 Å². The summed E-state index contributed by atoms with van der Waals surface area (Å²) in [6.45, 7) is 11.6. The van der Waals surface area contributed by atoms with Crippen LogP contribution >= 0.6 is 0 Å². The summed E-state index contributed by atoms with van der Waals surface area (Å²) in [6.07, 6.45) is 8.16. The lowest BCUT2D eigenvalue weighted by atomic mass is 9.89. The Morgan fingerprint density at radius 2 is 1.72 bits per heavy atom. The van der Waals surface area contributed by atoms with Gasteiger partial charge in [0.15, 0.2) is 0 Å². The summed E-state index contributed by atoms with van der Waals surface area (Å²) < 4.78 is 0. The Balaban J connectivity index is 2.17. The lowest BCUT2D eigenvalue weighted by Gasteiger charge is -2.35. The van der Waals surface area contributed by atoms with Crippen LogP contribution in [-0.2, 0) is 0 Å². The SMILES string of the molecule is CCNC1CCC(N(C)CCCC(C)(C)C)CC1. The second kappa shape index (κ2) is 7.49. The molecule has 0 amide bonds. The molecule has 0 heterocycles. The van der Waals surface area contributed by atoms with Crippen LogP contribution in [0.4, 0.5) is 0 Å². The summed E-state index contributed by atoms with van der Waals surface area (Å²) in [5, 5.41) is 3.59. The number of hydrogen-bond donors (Lipinski definition) is 1. The molecule has 108 valence electrons. The number of hydrogen-bond acceptors (Lipinski definition) is 2. The molecule has 0 atom stereocenters. The largest absolute Gasteiger partial charge is 0.314 e. The van der Waals surface area contributed by atoms with Gasteiger partial charge in [0, 0.05) is 12.1 Å². The third-order valence-electron chi connectivity index (χ3n) is 4.25. The highest BCUT2D eigenvalue weighted by molar-refractivity contribution is 4.81. The van der Waals surface area contributed by atoms with Crippen molar-refractivity contribution in [3.8, 4) is 0 Å². The van der Waals surface area contributed by atoms with Crippen molar-refractivity contribution in [2.75, 3.05) is 20.1 Å². The molecule has 1 aliphatic rings. The Bertz CT molecular complexity index is 212. The summed E-state index contributed by atoms with van der Waals surface area (Å²) in [7, 11) is 2.32. The molecule has 1 fully saturated rings. The first-order valence-electron chi connectivity index (χ1n) is 7.86. The Hall–Kier alpha value is -0.0800. The Morgan fingerprint density at radius 1 is 1.11 bits per heavy atom. The predicted octanol–water partition coefficient (Wildman–Crippen LogP) is 3.67. The molecule has 1 rings (SSSR count). The molecule has 0 aromatic heterocycles. The van der Waals surface area contributed by atoms with Gasteiger partial charge in [0.05, 0.1) is 0 Å². The number of nitrogens with one attached hydrogen (secondary N) is 1. The monoisotopic (exact) mass is 254 g/mol. The third-order valence-corrected chi connectivity index (χ3v) is 4.25. The van der Waals surface area contributed by atoms with Gasteiger partial charge in [-0.05, 0) is 64.1 Å². The lowest BCUT2D eigenvalue weighted by molar-refractivity contribution is 0.166. The second-order valence-electron chi connectivity index (χ2n) is 7.21. The van der Waals surface area contributed by atoms with Crippen molar-refractivity contribution >= 4 is 0 Å². The molecular weight excluding hydrogens is 220 g/mol. The fourth-order valence-corrected chi connectivity index (χ4v) is 3.05. The van der Waals surface area contributed by atoms with E-state index in [1.54, 1.807) is 0 Å². The molecular formula is C16H34N2. The van der Waals surface area contributed by atoms with Gasteiger partial charge in [-0.15, -0.1) is 0 Å². The van der Waals surface area contributed by atoms with E-state index >= 15 is 0 Å². The van der Waals surface area contributed by atoms with Crippen LogP contribution in [-0.4, -0.2) is 37.1 Å². The van der Waals surface area contributed by atoms with E-state index in [1.165, 1.54) is 45.1 Å². The van der Waals surface area contributed by atoms with E-state index in [1.807, 2.05) is 0 Å². The third kappa shape index (κ3) is 6.19. The number of rotatable bonds is 6. The topological polar surface area (TPSA) is 15.3 Å². The molecule has 2 heteroatoms. The first-order valence-corrected chi connectivity index (χ1v) is 7.86. The van der Waals surface area contributed by atoms with E-state index < -0.39 is 0 Å². The summed E-state index contributed by atoms with van der Waals surface area (Å²) >= 11 is 0. The van der Waals surface area contributed by atoms with Crippen LogP contribution in [0, 0.1) is 5.41 Å². The van der Waals surface area contributed by atoms with E-state index in [0.29, 0.717) is 5.41 Å². The average molecular weight is 254 g/mol. The van der Waals surface area contributed by atoms with Gasteiger partial charge in [-0.2, -0.15) is 0 Å². The quantitative estimate of drug-likeness (QED) is 0.778. The van der Waals surface area contributed by atoms with Gasteiger partial charge in [0.25, 0.3) is 0 Å². The van der Waals surface area contributed by atoms with Crippen LogP contribution in [0.15, 0.2) is 0 Å². The van der Waals surface area contributed by atoms with E-state index in [-0.39, 0.29) is 0 Å². The van der Waals surface area contributed by atoms with Gasteiger partial charge in [0.1, 0.15) is 0 Å². The molecule has 1 aliphatic carbocycles. The van der Waals surface area contributed by atoms with Gasteiger partial charge >= 0.3 is 0 Å². The summed E-state index contributed by atoms with van der Waals surface area (Å²) in [5.74, 6) is 0. The maximum Gasteiger partial charge on any atom is 0.00933 e. The van der Waals surface area contributed by atoms with Crippen LogP contribution in [0.2, 0.25) is 0 Å². The minimum Gasteiger partial charge on any atom is -0.314 e. The Kier molecular flexibility index (Phi) is 6.65. The average Bonchev–Trinajstić information content (AvgIpc) is 2.28. The van der Waals surface area contributed by atoms with E-state index in [2.05, 4.69) is 45.0 Å². The molecule has 0 spiro atoms. The molecule has 0 aromatic carbocycles. The van der Waals surface area contributed by atoms with Gasteiger partial charge in [-0.25, -0.2) is 0 Å². The lowest BCUT2D eigenvalue weighted by Crippen LogP contribution is -2.41. The first-order chi connectivity index (χ1) is 8.42. The van der Waals surface area contributed by atoms with Crippen molar-refractivity contribution < 1.29 is 0 Å². The Labute approximate surface area is 115 Å². The van der Waals surface area contributed by atoms with Crippen LogP contribution < -0.4 is 5.32 Å². The molecule has 0 aromatic rings. The standard InChI is InChI=1S/C16H34N2/c1-6-17-14-8-10-15(11-9-14)18(5)13-7-12-16(2,3)4/h14-15,17H,6-13H2,1-5H3. The van der Waals surface area contributed by atoms with Crippen LogP contribution in [0.25, 0.3) is 0 Å². The van der Waals surface area contributed by atoms with Crippen LogP contribution in [0.1, 0.15) is 66.2 Å². The number of nitrogens with zero attached hydrogens (tertiary/aromatic N) is 1. The fourth-order valence-electron chi connectivity index (χ4n) is 3.05. The molecule has 2 nitrogen and oxygen atoms in total. The smallest absolute Gasteiger partial charge is 0.00933 e. The highest BCUT2D eigenvalue weighted by atomic mass is 15.1. The zero-order chi connectivity index (χ0) is 13.6. The van der Waals surface area contributed by atoms with Crippen molar-refractivity contribution in [2.45, 2.75) is 78.3 Å². The van der Waals surface area contributed by atoms with E-state index in [9.17, 15) is 0 Å². The van der Waals surface area contributed by atoms with Crippen molar-refractivity contribution in [1.82, 2.24) is 10.2 Å². The summed E-state index contributed by atoms with van der Waals surface area (Å²) in [4.78, 5) is 2.61. The highest BCUT2D eigenvalue weighted by Gasteiger charge is 2.23. The van der Waals surface area contributed by atoms with Crippen molar-refractivity contribution in [3.05, 3.63) is 0 Å². The van der Waals surface area contributed by atoms with Gasteiger partial charge in [-0.1, -0.05) is 27.7 Å². The fraction of sp³-hybridized carbons (Fsp3) is 1.00. The minimum atomic E-state index is 0.490. The van der Waals surface area contributed by atoms with E-state index in [4.69, 9.17) is 0 Å².